The van der Waals surface area contributed by atoms with Gasteiger partial charge in [0.1, 0.15) is 6.21 Å². The summed E-state index contributed by atoms with van der Waals surface area (Å²) < 4.78 is 10.5. The summed E-state index contributed by atoms with van der Waals surface area (Å²) in [5.41, 5.74) is 5.25. The van der Waals surface area contributed by atoms with E-state index in [0.717, 1.165) is 11.3 Å². The number of rotatable bonds is 7. The zero-order chi connectivity index (χ0) is 17.6. The highest BCUT2D eigenvalue weighted by Crippen LogP contribution is 2.29. The van der Waals surface area contributed by atoms with E-state index in [2.05, 4.69) is 36.5 Å². The van der Waals surface area contributed by atoms with E-state index in [9.17, 15) is 0 Å². The quantitative estimate of drug-likeness (QED) is 0.606. The molecule has 0 unspecified atom stereocenters. The second kappa shape index (κ2) is 7.64. The molecule has 5 heteroatoms. The van der Waals surface area contributed by atoms with Gasteiger partial charge < -0.3 is 9.47 Å². The van der Waals surface area contributed by atoms with Gasteiger partial charge in [0.05, 0.1) is 25.3 Å². The van der Waals surface area contributed by atoms with Gasteiger partial charge in [-0.05, 0) is 31.5 Å². The van der Waals surface area contributed by atoms with Crippen LogP contribution in [0.2, 0.25) is 0 Å². The van der Waals surface area contributed by atoms with E-state index in [0.29, 0.717) is 17.2 Å². The fourth-order valence-corrected chi connectivity index (χ4v) is 2.26. The average molecular weight is 326 g/mol. The molecule has 0 atom stereocenters. The minimum Gasteiger partial charge on any atom is -0.493 e. The number of ether oxygens (including phenoxy) is 2. The van der Waals surface area contributed by atoms with Gasteiger partial charge in [-0.2, -0.15) is 5.10 Å². The standard InChI is InChI=1S/C19H23N3O2/c1-19(2,14-8-6-5-7-9-14)18(20)13-21-22-15-10-11-16(23-3)17(12-15)24-4/h5-13,20,22H,1-4H3/p+1/b20-18?,21-13+. The highest BCUT2D eigenvalue weighted by atomic mass is 16.5. The first-order valence-electron chi connectivity index (χ1n) is 7.68. The highest BCUT2D eigenvalue weighted by Gasteiger charge is 2.29. The molecule has 0 heterocycles. The van der Waals surface area contributed by atoms with Gasteiger partial charge in [-0.3, -0.25) is 10.8 Å². The third-order valence-electron chi connectivity index (χ3n) is 4.00. The maximum atomic E-state index is 6.23. The molecule has 0 fully saturated rings. The molecule has 2 rings (SSSR count). The number of hydrogen-bond donors (Lipinski definition) is 2. The normalized spacial score (nSPS) is 11.3. The van der Waals surface area contributed by atoms with Crippen LogP contribution in [-0.4, -0.2) is 26.1 Å². The van der Waals surface area contributed by atoms with Gasteiger partial charge in [-0.1, -0.05) is 30.3 Å². The molecule has 2 aromatic rings. The van der Waals surface area contributed by atoms with Crippen LogP contribution in [0.15, 0.2) is 53.6 Å². The second-order valence-electron chi connectivity index (χ2n) is 5.89. The zero-order valence-corrected chi connectivity index (χ0v) is 14.5. The summed E-state index contributed by atoms with van der Waals surface area (Å²) in [6, 6.07) is 15.6. The second-order valence-corrected chi connectivity index (χ2v) is 5.89. The van der Waals surface area contributed by atoms with E-state index >= 15 is 0 Å². The summed E-state index contributed by atoms with van der Waals surface area (Å²) in [6.45, 7) is 4.14. The van der Waals surface area contributed by atoms with Crippen LogP contribution in [0.5, 0.6) is 11.5 Å². The zero-order valence-electron chi connectivity index (χ0n) is 14.5. The van der Waals surface area contributed by atoms with Gasteiger partial charge in [-0.15, -0.1) is 0 Å². The van der Waals surface area contributed by atoms with Crippen molar-refractivity contribution in [2.45, 2.75) is 19.3 Å². The monoisotopic (exact) mass is 326 g/mol. The minimum absolute atomic E-state index is 0.302. The lowest BCUT2D eigenvalue weighted by Crippen LogP contribution is -2.51. The molecule has 24 heavy (non-hydrogen) atoms. The lowest BCUT2D eigenvalue weighted by Gasteiger charge is -2.20. The van der Waals surface area contributed by atoms with Gasteiger partial charge >= 0.3 is 0 Å². The van der Waals surface area contributed by atoms with Gasteiger partial charge in [-0.25, -0.2) is 0 Å². The first-order chi connectivity index (χ1) is 11.5. The SMILES string of the molecule is COc1ccc(N/N=C/C(=[NH2+])C(C)(C)c2ccccc2)cc1OC. The molecule has 0 saturated carbocycles. The Morgan fingerprint density at radius 2 is 1.71 bits per heavy atom. The maximum Gasteiger partial charge on any atom is 0.203 e. The first kappa shape index (κ1) is 17.5. The Hall–Kier alpha value is -2.82. The van der Waals surface area contributed by atoms with E-state index in [1.54, 1.807) is 20.4 Å². The first-order valence-corrected chi connectivity index (χ1v) is 7.68. The predicted molar refractivity (Wildman–Crippen MR) is 98.1 cm³/mol. The summed E-state index contributed by atoms with van der Waals surface area (Å²) in [7, 11) is 3.20. The molecular formula is C19H24N3O2+. The molecular weight excluding hydrogens is 302 g/mol. The Bertz CT molecular complexity index is 725. The summed E-state index contributed by atoms with van der Waals surface area (Å²) in [6.07, 6.45) is 1.64. The van der Waals surface area contributed by atoms with Gasteiger partial charge in [0.25, 0.3) is 0 Å². The highest BCUT2D eigenvalue weighted by molar-refractivity contribution is 6.31. The Morgan fingerprint density at radius 3 is 2.33 bits per heavy atom. The molecule has 2 aromatic carbocycles. The number of nitrogens with one attached hydrogen (secondary N) is 1. The van der Waals surface area contributed by atoms with Crippen molar-refractivity contribution in [1.82, 2.24) is 0 Å². The third kappa shape index (κ3) is 3.93. The molecule has 0 bridgehead atoms. The Balaban J connectivity index is 2.07. The number of methoxy groups -OCH3 is 2. The predicted octanol–water partition coefficient (Wildman–Crippen LogP) is 2.28. The van der Waals surface area contributed by atoms with E-state index in [4.69, 9.17) is 14.9 Å². The van der Waals surface area contributed by atoms with Crippen LogP contribution in [0.4, 0.5) is 5.69 Å². The molecule has 0 amide bonds. The van der Waals surface area contributed by atoms with Crippen molar-refractivity contribution in [3.8, 4) is 11.5 Å². The van der Waals surface area contributed by atoms with Crippen molar-refractivity contribution in [2.24, 2.45) is 5.10 Å². The summed E-state index contributed by atoms with van der Waals surface area (Å²) in [5.74, 6) is 1.31. The van der Waals surface area contributed by atoms with Crippen LogP contribution in [-0.2, 0) is 5.41 Å². The molecule has 0 aliphatic heterocycles. The Morgan fingerprint density at radius 1 is 1.04 bits per heavy atom. The van der Waals surface area contributed by atoms with Crippen LogP contribution in [0.3, 0.4) is 0 Å². The summed E-state index contributed by atoms with van der Waals surface area (Å²) in [5, 5.41) is 10.5. The number of benzene rings is 2. The molecule has 0 saturated heterocycles. The fraction of sp³-hybridized carbons (Fsp3) is 0.263. The number of hydrogen-bond acceptors (Lipinski definition) is 4. The smallest absolute Gasteiger partial charge is 0.203 e. The minimum atomic E-state index is -0.302. The molecule has 0 aliphatic carbocycles. The van der Waals surface area contributed by atoms with E-state index in [1.807, 2.05) is 36.4 Å². The molecule has 0 spiro atoms. The summed E-state index contributed by atoms with van der Waals surface area (Å²) >= 11 is 0. The number of nitrogens with zero attached hydrogens (tertiary/aromatic N) is 1. The lowest BCUT2D eigenvalue weighted by molar-refractivity contribution is -0.116. The van der Waals surface area contributed by atoms with Crippen molar-refractivity contribution >= 4 is 17.6 Å². The van der Waals surface area contributed by atoms with E-state index in [-0.39, 0.29) is 5.41 Å². The van der Waals surface area contributed by atoms with Crippen LogP contribution in [0.1, 0.15) is 19.4 Å². The lowest BCUT2D eigenvalue weighted by atomic mass is 9.80. The Kier molecular flexibility index (Phi) is 5.58. The fourth-order valence-electron chi connectivity index (χ4n) is 2.26. The van der Waals surface area contributed by atoms with Crippen LogP contribution in [0.25, 0.3) is 0 Å². The number of nitrogens with two attached hydrogens (primary N) is 1. The molecule has 0 radical (unpaired) electrons. The van der Waals surface area contributed by atoms with Crippen molar-refractivity contribution in [3.63, 3.8) is 0 Å². The molecule has 5 nitrogen and oxygen atoms in total. The Labute approximate surface area is 142 Å². The molecule has 3 N–H and O–H groups in total. The van der Waals surface area contributed by atoms with Crippen molar-refractivity contribution < 1.29 is 14.9 Å². The van der Waals surface area contributed by atoms with E-state index in [1.165, 1.54) is 0 Å². The molecule has 126 valence electrons. The van der Waals surface area contributed by atoms with Gasteiger partial charge in [0.2, 0.25) is 5.71 Å². The van der Waals surface area contributed by atoms with Crippen molar-refractivity contribution in [2.75, 3.05) is 19.6 Å². The number of hydrazone groups is 1. The molecule has 0 aliphatic rings. The van der Waals surface area contributed by atoms with E-state index < -0.39 is 0 Å². The topological polar surface area (TPSA) is 68.4 Å². The maximum absolute atomic E-state index is 6.23. The van der Waals surface area contributed by atoms with Gasteiger partial charge in [0, 0.05) is 6.07 Å². The van der Waals surface area contributed by atoms with Gasteiger partial charge in [0.15, 0.2) is 11.5 Å². The third-order valence-corrected chi connectivity index (χ3v) is 4.00. The largest absolute Gasteiger partial charge is 0.493 e. The molecule has 0 aromatic heterocycles. The average Bonchev–Trinajstić information content (AvgIpc) is 2.62. The number of anilines is 1. The van der Waals surface area contributed by atoms with Crippen LogP contribution in [0, 0.1) is 0 Å². The van der Waals surface area contributed by atoms with Crippen LogP contribution < -0.4 is 20.3 Å². The van der Waals surface area contributed by atoms with Crippen molar-refractivity contribution in [1.29, 1.82) is 0 Å². The van der Waals surface area contributed by atoms with Crippen LogP contribution >= 0.6 is 0 Å². The van der Waals surface area contributed by atoms with Crippen molar-refractivity contribution in [3.05, 3.63) is 54.1 Å². The summed E-state index contributed by atoms with van der Waals surface area (Å²) in [4.78, 5) is 0.